The van der Waals surface area contributed by atoms with E-state index in [1.54, 1.807) is 36.6 Å². The largest absolute Gasteiger partial charge is 0.495 e. The van der Waals surface area contributed by atoms with E-state index in [2.05, 4.69) is 26.1 Å². The third-order valence-electron chi connectivity index (χ3n) is 4.29. The maximum atomic E-state index is 12.5. The normalized spacial score (nSPS) is 11.0. The molecule has 0 unspecified atom stereocenters. The van der Waals surface area contributed by atoms with Crippen molar-refractivity contribution in [1.29, 1.82) is 0 Å². The first-order valence-electron chi connectivity index (χ1n) is 8.95. The van der Waals surface area contributed by atoms with Gasteiger partial charge in [0, 0.05) is 21.7 Å². The highest BCUT2D eigenvalue weighted by molar-refractivity contribution is 8.00. The van der Waals surface area contributed by atoms with Gasteiger partial charge in [0.15, 0.2) is 0 Å². The number of anilines is 1. The first-order chi connectivity index (χ1) is 13.4. The van der Waals surface area contributed by atoms with E-state index in [4.69, 9.17) is 26.3 Å². The van der Waals surface area contributed by atoms with Crippen LogP contribution in [0.15, 0.2) is 23.2 Å². The van der Waals surface area contributed by atoms with Crippen LogP contribution in [0, 0.1) is 13.8 Å². The molecule has 2 aromatic heterocycles. The summed E-state index contributed by atoms with van der Waals surface area (Å²) in [4.78, 5) is 24.2. The maximum Gasteiger partial charge on any atom is 0.234 e. The number of fused-ring (bicyclic) bond motifs is 1. The predicted octanol–water partition coefficient (Wildman–Crippen LogP) is 5.65. The van der Waals surface area contributed by atoms with Crippen LogP contribution in [0.3, 0.4) is 0 Å². The number of rotatable bonds is 7. The number of carbonyl (C=O) groups is 1. The van der Waals surface area contributed by atoms with E-state index in [1.807, 2.05) is 0 Å². The number of nitrogens with zero attached hydrogens (tertiary/aromatic N) is 2. The molecule has 1 amide bonds. The zero-order valence-electron chi connectivity index (χ0n) is 16.3. The van der Waals surface area contributed by atoms with Crippen molar-refractivity contribution in [3.63, 3.8) is 0 Å². The van der Waals surface area contributed by atoms with Crippen molar-refractivity contribution in [1.82, 2.24) is 9.97 Å². The van der Waals surface area contributed by atoms with E-state index in [9.17, 15) is 4.79 Å². The molecular weight excluding hydrogens is 414 g/mol. The van der Waals surface area contributed by atoms with Gasteiger partial charge >= 0.3 is 0 Å². The molecule has 1 aromatic carbocycles. The number of hydrogen-bond acceptors (Lipinski definition) is 6. The van der Waals surface area contributed by atoms with E-state index in [1.165, 1.54) is 22.2 Å². The number of thiophene rings is 1. The Morgan fingerprint density at radius 1 is 1.32 bits per heavy atom. The number of aromatic nitrogens is 2. The zero-order chi connectivity index (χ0) is 20.3. The molecule has 3 rings (SSSR count). The minimum Gasteiger partial charge on any atom is -0.495 e. The molecule has 0 spiro atoms. The first-order valence-corrected chi connectivity index (χ1v) is 11.1. The molecule has 3 aromatic rings. The van der Waals surface area contributed by atoms with E-state index < -0.39 is 0 Å². The van der Waals surface area contributed by atoms with Crippen LogP contribution >= 0.6 is 34.7 Å². The Morgan fingerprint density at radius 3 is 2.82 bits per heavy atom. The highest BCUT2D eigenvalue weighted by atomic mass is 35.5. The van der Waals surface area contributed by atoms with Gasteiger partial charge in [-0.05, 0) is 44.0 Å². The number of halogens is 1. The van der Waals surface area contributed by atoms with Crippen LogP contribution < -0.4 is 10.1 Å². The fourth-order valence-corrected chi connectivity index (χ4v) is 4.98. The zero-order valence-corrected chi connectivity index (χ0v) is 18.6. The summed E-state index contributed by atoms with van der Waals surface area (Å²) in [5, 5.41) is 5.33. The SMILES string of the molecule is CCCc1nc(SCC(=O)Nc2cc(Cl)ccc2OC)c2c(C)c(C)sc2n1. The molecule has 8 heteroatoms. The standard InChI is InChI=1S/C20H22ClN3O2S2/c1-5-6-16-23-19(18-11(2)12(3)28-20(18)24-16)27-10-17(25)22-14-9-13(21)7-8-15(14)26-4/h7-9H,5-6,10H2,1-4H3,(H,22,25). The van der Waals surface area contributed by atoms with Gasteiger partial charge in [-0.2, -0.15) is 0 Å². The van der Waals surface area contributed by atoms with Crippen LogP contribution in [0.4, 0.5) is 5.69 Å². The molecule has 0 fully saturated rings. The number of aryl methyl sites for hydroxylation is 3. The van der Waals surface area contributed by atoms with Crippen LogP contribution in [-0.2, 0) is 11.2 Å². The van der Waals surface area contributed by atoms with Crippen molar-refractivity contribution in [2.75, 3.05) is 18.2 Å². The molecule has 0 saturated heterocycles. The summed E-state index contributed by atoms with van der Waals surface area (Å²) in [6.45, 7) is 6.28. The number of carbonyl (C=O) groups excluding carboxylic acids is 1. The first kappa shape index (κ1) is 20.9. The summed E-state index contributed by atoms with van der Waals surface area (Å²) < 4.78 is 5.28. The van der Waals surface area contributed by atoms with Crippen LogP contribution in [0.25, 0.3) is 10.2 Å². The van der Waals surface area contributed by atoms with Crippen molar-refractivity contribution in [2.45, 2.75) is 38.6 Å². The fraction of sp³-hybridized carbons (Fsp3) is 0.350. The average Bonchev–Trinajstić information content (AvgIpc) is 2.94. The molecule has 1 N–H and O–H groups in total. The molecule has 0 bridgehead atoms. The molecule has 0 aliphatic rings. The van der Waals surface area contributed by atoms with Crippen molar-refractivity contribution >= 4 is 56.5 Å². The Hall–Kier alpha value is -1.83. The van der Waals surface area contributed by atoms with Gasteiger partial charge in [0.2, 0.25) is 5.91 Å². The van der Waals surface area contributed by atoms with Crippen molar-refractivity contribution in [3.05, 3.63) is 39.5 Å². The van der Waals surface area contributed by atoms with Gasteiger partial charge in [-0.1, -0.05) is 30.3 Å². The molecule has 148 valence electrons. The van der Waals surface area contributed by atoms with Gasteiger partial charge in [-0.3, -0.25) is 4.79 Å². The molecule has 0 aliphatic carbocycles. The van der Waals surface area contributed by atoms with Crippen LogP contribution in [0.5, 0.6) is 5.75 Å². The summed E-state index contributed by atoms with van der Waals surface area (Å²) in [5.41, 5.74) is 1.74. The van der Waals surface area contributed by atoms with Crippen molar-refractivity contribution < 1.29 is 9.53 Å². The van der Waals surface area contributed by atoms with Crippen LogP contribution in [0.1, 0.15) is 29.6 Å². The number of nitrogens with one attached hydrogen (secondary N) is 1. The topological polar surface area (TPSA) is 64.1 Å². The number of benzene rings is 1. The summed E-state index contributed by atoms with van der Waals surface area (Å²) >= 11 is 9.15. The Bertz CT molecular complexity index is 1020. The van der Waals surface area contributed by atoms with Gasteiger partial charge in [-0.15, -0.1) is 11.3 Å². The number of methoxy groups -OCH3 is 1. The van der Waals surface area contributed by atoms with Gasteiger partial charge in [0.1, 0.15) is 21.4 Å². The number of thioether (sulfide) groups is 1. The van der Waals surface area contributed by atoms with Gasteiger partial charge in [0.05, 0.1) is 18.6 Å². The lowest BCUT2D eigenvalue weighted by atomic mass is 10.2. The van der Waals surface area contributed by atoms with Crippen LogP contribution in [-0.4, -0.2) is 28.7 Å². The molecular formula is C20H22ClN3O2S2. The van der Waals surface area contributed by atoms with E-state index in [0.717, 1.165) is 33.9 Å². The molecule has 0 radical (unpaired) electrons. The second-order valence-corrected chi connectivity index (χ2v) is 8.94. The second-order valence-electron chi connectivity index (χ2n) is 6.34. The Kier molecular flexibility index (Phi) is 6.80. The summed E-state index contributed by atoms with van der Waals surface area (Å²) in [7, 11) is 1.56. The third-order valence-corrected chi connectivity index (χ3v) is 6.60. The maximum absolute atomic E-state index is 12.5. The Labute approximate surface area is 177 Å². The summed E-state index contributed by atoms with van der Waals surface area (Å²) in [6, 6.07) is 5.13. The highest BCUT2D eigenvalue weighted by Crippen LogP contribution is 2.35. The van der Waals surface area contributed by atoms with E-state index >= 15 is 0 Å². The Morgan fingerprint density at radius 2 is 2.11 bits per heavy atom. The smallest absolute Gasteiger partial charge is 0.234 e. The predicted molar refractivity (Wildman–Crippen MR) is 118 cm³/mol. The molecule has 0 aliphatic heterocycles. The van der Waals surface area contributed by atoms with Gasteiger partial charge in [-0.25, -0.2) is 9.97 Å². The Balaban J connectivity index is 1.81. The van der Waals surface area contributed by atoms with Gasteiger partial charge in [0.25, 0.3) is 0 Å². The molecule has 0 atom stereocenters. The molecule has 5 nitrogen and oxygen atoms in total. The third kappa shape index (κ3) is 4.59. The van der Waals surface area contributed by atoms with Gasteiger partial charge < -0.3 is 10.1 Å². The minimum atomic E-state index is -0.140. The molecule has 0 saturated carbocycles. The lowest BCUT2D eigenvalue weighted by Crippen LogP contribution is -2.15. The van der Waals surface area contributed by atoms with E-state index in [0.29, 0.717) is 16.5 Å². The summed E-state index contributed by atoms with van der Waals surface area (Å²) in [6.07, 6.45) is 1.80. The van der Waals surface area contributed by atoms with Crippen molar-refractivity contribution in [2.24, 2.45) is 0 Å². The van der Waals surface area contributed by atoms with E-state index in [-0.39, 0.29) is 11.7 Å². The van der Waals surface area contributed by atoms with Crippen molar-refractivity contribution in [3.8, 4) is 5.75 Å². The highest BCUT2D eigenvalue weighted by Gasteiger charge is 2.16. The lowest BCUT2D eigenvalue weighted by molar-refractivity contribution is -0.113. The monoisotopic (exact) mass is 435 g/mol. The molecule has 28 heavy (non-hydrogen) atoms. The summed E-state index contributed by atoms with van der Waals surface area (Å²) in [5.74, 6) is 1.50. The average molecular weight is 436 g/mol. The number of ether oxygens (including phenoxy) is 1. The minimum absolute atomic E-state index is 0.140. The lowest BCUT2D eigenvalue weighted by Gasteiger charge is -2.11. The van der Waals surface area contributed by atoms with Crippen LogP contribution in [0.2, 0.25) is 5.02 Å². The second kappa shape index (κ2) is 9.11. The quantitative estimate of drug-likeness (QED) is 0.383. The molecule has 2 heterocycles. The number of hydrogen-bond donors (Lipinski definition) is 1. The number of amides is 1. The fourth-order valence-electron chi connectivity index (χ4n) is 2.79.